The lowest BCUT2D eigenvalue weighted by atomic mass is 9.77. The molecule has 19 heavy (non-hydrogen) atoms. The first-order valence-corrected chi connectivity index (χ1v) is 7.22. The van der Waals surface area contributed by atoms with Crippen LogP contribution < -0.4 is 5.32 Å². The number of aromatic hydroxyl groups is 1. The van der Waals surface area contributed by atoms with Gasteiger partial charge < -0.3 is 10.4 Å². The molecule has 2 heteroatoms. The first-order valence-electron chi connectivity index (χ1n) is 7.22. The van der Waals surface area contributed by atoms with E-state index in [-0.39, 0.29) is 10.8 Å². The third-order valence-electron chi connectivity index (χ3n) is 3.97. The van der Waals surface area contributed by atoms with Crippen LogP contribution in [0.4, 0.5) is 0 Å². The molecule has 106 valence electrons. The van der Waals surface area contributed by atoms with Crippen LogP contribution in [-0.4, -0.2) is 11.7 Å². The van der Waals surface area contributed by atoms with Crippen LogP contribution >= 0.6 is 0 Å². The number of benzene rings is 1. The van der Waals surface area contributed by atoms with Crippen LogP contribution in [0.3, 0.4) is 0 Å². The topological polar surface area (TPSA) is 32.3 Å². The number of rotatable bonds is 1. The van der Waals surface area contributed by atoms with Gasteiger partial charge in [0.2, 0.25) is 0 Å². The van der Waals surface area contributed by atoms with Crippen molar-refractivity contribution in [2.24, 2.45) is 0 Å². The zero-order valence-corrected chi connectivity index (χ0v) is 13.1. The van der Waals surface area contributed by atoms with Gasteiger partial charge in [-0.05, 0) is 52.6 Å². The highest BCUT2D eigenvalue weighted by Gasteiger charge is 2.29. The summed E-state index contributed by atoms with van der Waals surface area (Å²) in [5.74, 6) is 0.475. The van der Waals surface area contributed by atoms with Gasteiger partial charge in [-0.1, -0.05) is 41.5 Å². The molecule has 1 aliphatic heterocycles. The second kappa shape index (κ2) is 4.52. The third kappa shape index (κ3) is 2.79. The molecule has 1 fully saturated rings. The quantitative estimate of drug-likeness (QED) is 0.800. The zero-order chi connectivity index (χ0) is 14.4. The van der Waals surface area contributed by atoms with Crippen LogP contribution in [0, 0.1) is 0 Å². The molecule has 0 radical (unpaired) electrons. The van der Waals surface area contributed by atoms with Gasteiger partial charge in [0, 0.05) is 6.04 Å². The molecule has 1 aromatic rings. The zero-order valence-electron chi connectivity index (χ0n) is 13.1. The van der Waals surface area contributed by atoms with E-state index in [0.29, 0.717) is 11.8 Å². The van der Waals surface area contributed by atoms with E-state index in [9.17, 15) is 5.11 Å². The van der Waals surface area contributed by atoms with Gasteiger partial charge in [-0.25, -0.2) is 0 Å². The van der Waals surface area contributed by atoms with Crippen molar-refractivity contribution < 1.29 is 5.11 Å². The number of phenolic OH excluding ortho intramolecular Hbond substituents is 1. The average molecular weight is 261 g/mol. The highest BCUT2D eigenvalue weighted by atomic mass is 16.3. The van der Waals surface area contributed by atoms with Crippen molar-refractivity contribution >= 4 is 0 Å². The number of hydrogen-bond acceptors (Lipinski definition) is 2. The highest BCUT2D eigenvalue weighted by molar-refractivity contribution is 5.50. The summed E-state index contributed by atoms with van der Waals surface area (Å²) in [7, 11) is 0. The summed E-state index contributed by atoms with van der Waals surface area (Å²) >= 11 is 0. The molecule has 1 aromatic carbocycles. The molecule has 0 aromatic heterocycles. The number of phenols is 1. The molecule has 0 amide bonds. The Balaban J connectivity index is 2.60. The molecular formula is C17H27NO. The lowest BCUT2D eigenvalue weighted by Crippen LogP contribution is -2.35. The summed E-state index contributed by atoms with van der Waals surface area (Å²) in [6.45, 7) is 14.1. The van der Waals surface area contributed by atoms with Crippen molar-refractivity contribution in [2.45, 2.75) is 64.8 Å². The minimum atomic E-state index is -0.0379. The summed E-state index contributed by atoms with van der Waals surface area (Å²) < 4.78 is 0. The van der Waals surface area contributed by atoms with Crippen LogP contribution in [0.5, 0.6) is 5.75 Å². The van der Waals surface area contributed by atoms with Crippen molar-refractivity contribution in [1.82, 2.24) is 5.32 Å². The molecule has 0 saturated carbocycles. The Labute approximate surface area is 117 Å². The fourth-order valence-corrected chi connectivity index (χ4v) is 2.57. The van der Waals surface area contributed by atoms with E-state index >= 15 is 0 Å². The Kier molecular flexibility index (Phi) is 3.42. The molecule has 0 aliphatic carbocycles. The van der Waals surface area contributed by atoms with Gasteiger partial charge in [-0.3, -0.25) is 0 Å². The molecule has 0 spiro atoms. The van der Waals surface area contributed by atoms with Gasteiger partial charge in [0.1, 0.15) is 5.75 Å². The Morgan fingerprint density at radius 1 is 1.00 bits per heavy atom. The van der Waals surface area contributed by atoms with Gasteiger partial charge in [0.25, 0.3) is 0 Å². The predicted molar refractivity (Wildman–Crippen MR) is 80.9 cm³/mol. The lowest BCUT2D eigenvalue weighted by Gasteiger charge is -2.33. The Bertz CT molecular complexity index is 438. The standard InChI is InChI=1S/C17H27NO/c1-16(2,3)12-9-11(14-7-8-18-14)10-13(15(12)19)17(4,5)6/h9-10,14,18-19H,7-8H2,1-6H3/t14-/m1/s1. The molecule has 2 rings (SSSR count). The summed E-state index contributed by atoms with van der Waals surface area (Å²) in [5.41, 5.74) is 3.36. The largest absolute Gasteiger partial charge is 0.507 e. The normalized spacial score (nSPS) is 20.2. The van der Waals surface area contributed by atoms with Gasteiger partial charge in [0.15, 0.2) is 0 Å². The molecule has 2 nitrogen and oxygen atoms in total. The van der Waals surface area contributed by atoms with Crippen molar-refractivity contribution in [3.8, 4) is 5.75 Å². The van der Waals surface area contributed by atoms with E-state index < -0.39 is 0 Å². The van der Waals surface area contributed by atoms with E-state index in [0.717, 1.165) is 17.7 Å². The van der Waals surface area contributed by atoms with Crippen LogP contribution in [0.1, 0.15) is 70.7 Å². The van der Waals surface area contributed by atoms with Crippen molar-refractivity contribution in [2.75, 3.05) is 6.54 Å². The van der Waals surface area contributed by atoms with Gasteiger partial charge in [-0.15, -0.1) is 0 Å². The van der Waals surface area contributed by atoms with E-state index in [1.54, 1.807) is 0 Å². The SMILES string of the molecule is CC(C)(C)c1cc([C@H]2CCN2)cc(C(C)(C)C)c1O. The fourth-order valence-electron chi connectivity index (χ4n) is 2.57. The van der Waals surface area contributed by atoms with E-state index in [1.165, 1.54) is 12.0 Å². The molecule has 0 bridgehead atoms. The van der Waals surface area contributed by atoms with Crippen LogP contribution in [0.2, 0.25) is 0 Å². The van der Waals surface area contributed by atoms with Crippen LogP contribution in [0.15, 0.2) is 12.1 Å². The van der Waals surface area contributed by atoms with Crippen LogP contribution in [0.25, 0.3) is 0 Å². The molecule has 0 unspecified atom stereocenters. The van der Waals surface area contributed by atoms with E-state index in [2.05, 4.69) is 59.0 Å². The second-order valence-electron chi connectivity index (χ2n) is 7.76. The summed E-state index contributed by atoms with van der Waals surface area (Å²) in [4.78, 5) is 0. The minimum Gasteiger partial charge on any atom is -0.507 e. The first-order chi connectivity index (χ1) is 8.60. The molecule has 1 atom stereocenters. The molecule has 2 N–H and O–H groups in total. The van der Waals surface area contributed by atoms with Gasteiger partial charge in [0.05, 0.1) is 0 Å². The number of hydrogen-bond donors (Lipinski definition) is 2. The maximum atomic E-state index is 10.6. The molecule has 1 heterocycles. The minimum absolute atomic E-state index is 0.0379. The third-order valence-corrected chi connectivity index (χ3v) is 3.97. The van der Waals surface area contributed by atoms with Crippen molar-refractivity contribution in [3.63, 3.8) is 0 Å². The molecular weight excluding hydrogens is 234 g/mol. The smallest absolute Gasteiger partial charge is 0.123 e. The summed E-state index contributed by atoms with van der Waals surface area (Å²) in [6, 6.07) is 4.82. The molecule has 1 aliphatic rings. The molecule has 1 saturated heterocycles. The summed E-state index contributed by atoms with van der Waals surface area (Å²) in [5, 5.41) is 14.1. The Hall–Kier alpha value is -1.02. The van der Waals surface area contributed by atoms with Gasteiger partial charge >= 0.3 is 0 Å². The average Bonchev–Trinajstić information content (AvgIpc) is 2.13. The van der Waals surface area contributed by atoms with Crippen molar-refractivity contribution in [3.05, 3.63) is 28.8 Å². The second-order valence-corrected chi connectivity index (χ2v) is 7.76. The van der Waals surface area contributed by atoms with Crippen LogP contribution in [-0.2, 0) is 10.8 Å². The van der Waals surface area contributed by atoms with Gasteiger partial charge in [-0.2, -0.15) is 0 Å². The van der Waals surface area contributed by atoms with E-state index in [1.807, 2.05) is 0 Å². The maximum absolute atomic E-state index is 10.6. The van der Waals surface area contributed by atoms with E-state index in [4.69, 9.17) is 0 Å². The Morgan fingerprint density at radius 2 is 1.42 bits per heavy atom. The highest BCUT2D eigenvalue weighted by Crippen LogP contribution is 2.41. The predicted octanol–water partition coefficient (Wildman–Crippen LogP) is 4.02. The summed E-state index contributed by atoms with van der Waals surface area (Å²) in [6.07, 6.45) is 1.19. The fraction of sp³-hybridized carbons (Fsp3) is 0.647. The lowest BCUT2D eigenvalue weighted by molar-refractivity contribution is 0.377. The monoisotopic (exact) mass is 261 g/mol. The first kappa shape index (κ1) is 14.4. The Morgan fingerprint density at radius 3 is 1.68 bits per heavy atom. The van der Waals surface area contributed by atoms with Crippen molar-refractivity contribution in [1.29, 1.82) is 0 Å². The number of nitrogens with one attached hydrogen (secondary N) is 1. The maximum Gasteiger partial charge on any atom is 0.123 e.